The molecule has 0 amide bonds. The van der Waals surface area contributed by atoms with Crippen molar-refractivity contribution in [2.24, 2.45) is 0 Å². The summed E-state index contributed by atoms with van der Waals surface area (Å²) in [5.74, 6) is -1.62. The molecule has 0 aromatic carbocycles. The fraction of sp³-hybridized carbons (Fsp3) is 0.675. The third-order valence-corrected chi connectivity index (χ3v) is 16.7. The van der Waals surface area contributed by atoms with E-state index in [0.29, 0.717) is 19.3 Å². The molecule has 0 fully saturated rings. The number of rotatable bonds is 68. The maximum atomic E-state index is 12.9. The minimum absolute atomic E-state index is 0.0778. The number of carbonyl (C=O) groups excluding carboxylic acids is 3. The Balaban J connectivity index is 4.62. The number of aliphatic hydroxyl groups is 2. The van der Waals surface area contributed by atoms with Gasteiger partial charge in [-0.05, 0) is 135 Å². The van der Waals surface area contributed by atoms with Gasteiger partial charge >= 0.3 is 33.6 Å². The van der Waals surface area contributed by atoms with Crippen molar-refractivity contribution in [3.63, 3.8) is 0 Å². The van der Waals surface area contributed by atoms with Crippen LogP contribution in [0.1, 0.15) is 278 Å². The van der Waals surface area contributed by atoms with E-state index < -0.39 is 91.5 Å². The summed E-state index contributed by atoms with van der Waals surface area (Å²) < 4.78 is 61.0. The Labute approximate surface area is 575 Å². The van der Waals surface area contributed by atoms with Crippen molar-refractivity contribution >= 4 is 33.6 Å². The number of carbonyl (C=O) groups is 3. The van der Waals surface area contributed by atoms with Crippen LogP contribution >= 0.6 is 15.6 Å². The second-order valence-corrected chi connectivity index (χ2v) is 26.9. The third-order valence-electron chi connectivity index (χ3n) is 14.8. The zero-order chi connectivity index (χ0) is 69.5. The van der Waals surface area contributed by atoms with Gasteiger partial charge in [-0.25, -0.2) is 9.13 Å². The molecule has 0 heterocycles. The van der Waals surface area contributed by atoms with Crippen molar-refractivity contribution in [3.8, 4) is 0 Å². The van der Waals surface area contributed by atoms with Gasteiger partial charge in [0.2, 0.25) is 0 Å². The van der Waals surface area contributed by atoms with Crippen LogP contribution in [0, 0.1) is 0 Å². The summed E-state index contributed by atoms with van der Waals surface area (Å²) in [5.41, 5.74) is 0. The first kappa shape index (κ1) is 90.7. The zero-order valence-corrected chi connectivity index (χ0v) is 60.8. The molecule has 0 spiro atoms. The molecular weight excluding hydrogens is 1240 g/mol. The molecule has 5 atom stereocenters. The highest BCUT2D eigenvalue weighted by atomic mass is 31.2. The van der Waals surface area contributed by atoms with Crippen molar-refractivity contribution in [1.29, 1.82) is 0 Å². The smallest absolute Gasteiger partial charge is 0.463 e. The molecule has 0 aliphatic heterocycles. The molecule has 0 aliphatic carbocycles. The Morgan fingerprint density at radius 2 is 0.558 bits per heavy atom. The number of hydrogen-bond acceptors (Lipinski definition) is 14. The lowest BCUT2D eigenvalue weighted by molar-refractivity contribution is -0.161. The Kier molecular flexibility index (Phi) is 66.4. The molecule has 544 valence electrons. The van der Waals surface area contributed by atoms with Crippen LogP contribution in [0.15, 0.2) is 134 Å². The van der Waals surface area contributed by atoms with E-state index in [1.807, 2.05) is 0 Å². The van der Waals surface area contributed by atoms with Gasteiger partial charge in [-0.15, -0.1) is 0 Å². The van der Waals surface area contributed by atoms with Crippen molar-refractivity contribution in [3.05, 3.63) is 134 Å². The maximum Gasteiger partial charge on any atom is 0.472 e. The lowest BCUT2D eigenvalue weighted by Crippen LogP contribution is -2.30. The number of unbranched alkanes of at least 4 members (excludes halogenated alkanes) is 23. The van der Waals surface area contributed by atoms with Gasteiger partial charge in [0.05, 0.1) is 26.4 Å². The molecule has 0 aliphatic rings. The summed E-state index contributed by atoms with van der Waals surface area (Å²) in [4.78, 5) is 58.5. The molecule has 16 nitrogen and oxygen atoms in total. The summed E-state index contributed by atoms with van der Waals surface area (Å²) >= 11 is 0. The normalized spacial score (nSPS) is 14.9. The van der Waals surface area contributed by atoms with Crippen molar-refractivity contribution < 1.29 is 75.8 Å². The van der Waals surface area contributed by atoms with Gasteiger partial charge in [-0.1, -0.05) is 257 Å². The average Bonchev–Trinajstić information content (AvgIpc) is 2.13. The van der Waals surface area contributed by atoms with E-state index in [0.717, 1.165) is 167 Å². The number of allylic oxidation sites excluding steroid dienone is 22. The topological polar surface area (TPSA) is 231 Å². The summed E-state index contributed by atoms with van der Waals surface area (Å²) in [6.07, 6.45) is 82.1. The maximum absolute atomic E-state index is 12.9. The second-order valence-electron chi connectivity index (χ2n) is 24.0. The Morgan fingerprint density at radius 3 is 0.884 bits per heavy atom. The van der Waals surface area contributed by atoms with Gasteiger partial charge in [0.25, 0.3) is 0 Å². The number of hydrogen-bond donors (Lipinski definition) is 4. The monoisotopic (exact) mass is 1370 g/mol. The van der Waals surface area contributed by atoms with Gasteiger partial charge in [0.15, 0.2) is 6.10 Å². The van der Waals surface area contributed by atoms with Crippen LogP contribution in [0.5, 0.6) is 0 Å². The number of ether oxygens (including phenoxy) is 3. The van der Waals surface area contributed by atoms with Gasteiger partial charge in [-0.3, -0.25) is 32.5 Å². The highest BCUT2D eigenvalue weighted by molar-refractivity contribution is 7.47. The molecule has 0 saturated carbocycles. The molecule has 0 rings (SSSR count). The van der Waals surface area contributed by atoms with Gasteiger partial charge in [-0.2, -0.15) is 0 Å². The van der Waals surface area contributed by atoms with E-state index in [1.54, 1.807) is 0 Å². The molecule has 0 bridgehead atoms. The van der Waals surface area contributed by atoms with Crippen LogP contribution in [-0.2, 0) is 55.8 Å². The van der Waals surface area contributed by atoms with E-state index in [-0.39, 0.29) is 19.3 Å². The first-order chi connectivity index (χ1) is 46.2. The fourth-order valence-electron chi connectivity index (χ4n) is 9.32. The molecule has 0 aromatic rings. The van der Waals surface area contributed by atoms with E-state index in [2.05, 4.69) is 154 Å². The van der Waals surface area contributed by atoms with Crippen molar-refractivity contribution in [2.45, 2.75) is 296 Å². The molecular formula is C77H130O16P2. The fourth-order valence-corrected chi connectivity index (χ4v) is 10.9. The highest BCUT2D eigenvalue weighted by Crippen LogP contribution is 2.45. The van der Waals surface area contributed by atoms with Gasteiger partial charge in [0.1, 0.15) is 25.4 Å². The standard InChI is InChI=1S/C77H130O16P2/c1-4-7-10-13-16-19-22-25-28-30-32-33-34-35-36-37-39-41-43-45-48-51-54-57-60-63-75(80)87-66-72(78)67-89-94(83,84)90-68-73(79)69-91-95(85,86)92-71-74(93-77(82)65-62-59-56-53-50-47-42-27-24-21-18-15-12-9-6-3)70-88-76(81)64-61-58-55-52-49-46-44-40-38-31-29-26-23-20-17-14-11-8-5-2/h8-9,11-12,16-21,25-29,32-33,35-36,38,40,42,72-74,78-79H,4-7,10,13-15,22-24,30-31,34,37,39,41,43-71H2,1-3H3,(H,83,84)(H,85,86)/b11-8-,12-9-,19-16-,20-17-,21-18-,28-25-,29-26-,33-32-,36-35-,40-38-,42-27-. The Morgan fingerprint density at radius 1 is 0.305 bits per heavy atom. The number of phosphoric ester groups is 2. The SMILES string of the molecule is CC/C=C\C/C=C\C/C=C\C/C=C\CCCCCCCCC(=O)OCC(COP(=O)(O)OCC(O)COP(=O)(O)OCC(O)COC(=O)CCCCCCCCCCC/C=C\C/C=C\C/C=C\C/C=C\CCCCC)OC(=O)CCCCCCC/C=C\C/C=C\C/C=C\CC. The van der Waals surface area contributed by atoms with Crippen LogP contribution in [0.2, 0.25) is 0 Å². The van der Waals surface area contributed by atoms with Gasteiger partial charge in [0, 0.05) is 19.3 Å². The minimum Gasteiger partial charge on any atom is -0.463 e. The van der Waals surface area contributed by atoms with Crippen molar-refractivity contribution in [1.82, 2.24) is 0 Å². The largest absolute Gasteiger partial charge is 0.472 e. The van der Waals surface area contributed by atoms with Gasteiger partial charge < -0.3 is 34.2 Å². The third kappa shape index (κ3) is 70.8. The number of esters is 3. The predicted octanol–water partition coefficient (Wildman–Crippen LogP) is 20.8. The minimum atomic E-state index is -4.94. The predicted molar refractivity (Wildman–Crippen MR) is 390 cm³/mol. The van der Waals surface area contributed by atoms with E-state index in [1.165, 1.54) is 51.4 Å². The molecule has 0 saturated heterocycles. The number of phosphoric acid groups is 2. The summed E-state index contributed by atoms with van der Waals surface area (Å²) in [7, 11) is -9.80. The average molecular weight is 1370 g/mol. The molecule has 0 radical (unpaired) electrons. The number of aliphatic hydroxyl groups excluding tert-OH is 2. The molecule has 18 heteroatoms. The van der Waals surface area contributed by atoms with Crippen LogP contribution < -0.4 is 0 Å². The molecule has 95 heavy (non-hydrogen) atoms. The summed E-state index contributed by atoms with van der Waals surface area (Å²) in [6.45, 7) is 2.37. The summed E-state index contributed by atoms with van der Waals surface area (Å²) in [5, 5.41) is 20.6. The highest BCUT2D eigenvalue weighted by Gasteiger charge is 2.29. The summed E-state index contributed by atoms with van der Waals surface area (Å²) in [6, 6.07) is 0. The molecule has 0 aromatic heterocycles. The van der Waals surface area contributed by atoms with Crippen LogP contribution in [-0.4, -0.2) is 95.9 Å². The van der Waals surface area contributed by atoms with Crippen LogP contribution in [0.25, 0.3) is 0 Å². The Bertz CT molecular complexity index is 2260. The lowest BCUT2D eigenvalue weighted by atomic mass is 10.1. The molecule has 5 unspecified atom stereocenters. The second kappa shape index (κ2) is 69.6. The lowest BCUT2D eigenvalue weighted by Gasteiger charge is -2.21. The van der Waals surface area contributed by atoms with E-state index in [9.17, 15) is 43.5 Å². The Hall–Kier alpha value is -4.31. The van der Waals surface area contributed by atoms with Crippen molar-refractivity contribution in [2.75, 3.05) is 39.6 Å². The quantitative estimate of drug-likeness (QED) is 0.0146. The van der Waals surface area contributed by atoms with Crippen LogP contribution in [0.3, 0.4) is 0 Å². The van der Waals surface area contributed by atoms with E-state index in [4.69, 9.17) is 32.3 Å². The first-order valence-corrected chi connectivity index (χ1v) is 39.5. The zero-order valence-electron chi connectivity index (χ0n) is 59.0. The first-order valence-electron chi connectivity index (χ1n) is 36.5. The molecule has 4 N–H and O–H groups in total. The van der Waals surface area contributed by atoms with E-state index >= 15 is 0 Å². The van der Waals surface area contributed by atoms with Crippen LogP contribution in [0.4, 0.5) is 0 Å².